The topological polar surface area (TPSA) is 194 Å². The smallest absolute Gasteiger partial charge is 0.279 e. The third kappa shape index (κ3) is 9.54. The first-order chi connectivity index (χ1) is 26.0. The molecule has 14 nitrogen and oxygen atoms in total. The van der Waals surface area contributed by atoms with Crippen LogP contribution in [0, 0.1) is 0 Å². The summed E-state index contributed by atoms with van der Waals surface area (Å²) in [4.78, 5) is 77.4. The molecule has 2 aromatic carbocycles. The Kier molecular flexibility index (Phi) is 14.6. The number of anilines is 2. The van der Waals surface area contributed by atoms with E-state index in [-0.39, 0.29) is 78.7 Å². The van der Waals surface area contributed by atoms with Gasteiger partial charge in [0.2, 0.25) is 0 Å². The Hall–Kier alpha value is -4.79. The molecular formula is C38H45Cl3N6O8. The minimum atomic E-state index is -0.518. The van der Waals surface area contributed by atoms with Gasteiger partial charge in [-0.3, -0.25) is 38.6 Å². The van der Waals surface area contributed by atoms with Crippen molar-refractivity contribution in [1.29, 1.82) is 0 Å². The summed E-state index contributed by atoms with van der Waals surface area (Å²) in [6.45, 7) is 0. The zero-order valence-corrected chi connectivity index (χ0v) is 33.3. The summed E-state index contributed by atoms with van der Waals surface area (Å²) < 4.78 is 0. The van der Waals surface area contributed by atoms with Crippen molar-refractivity contribution in [2.45, 2.75) is 76.3 Å². The van der Waals surface area contributed by atoms with Crippen molar-refractivity contribution in [3.63, 3.8) is 0 Å². The van der Waals surface area contributed by atoms with E-state index in [1.165, 1.54) is 44.2 Å². The third-order valence-corrected chi connectivity index (χ3v) is 10.7. The van der Waals surface area contributed by atoms with Crippen molar-refractivity contribution in [3.05, 3.63) is 68.3 Å². The maximum Gasteiger partial charge on any atom is 0.279 e. The van der Waals surface area contributed by atoms with Gasteiger partial charge < -0.3 is 31.1 Å². The SMILES string of the molecule is CN(C)C(=O)c1cccc(N)c1O.CN(C)C(=O)c1cccc(NC2=C(Cl)C(=O)N(C3CCCCC3)C2=O)c1O.O=C1C(Cl)=C(Cl)C(=O)N1C1CCCCC1. The highest BCUT2D eigenvalue weighted by atomic mass is 35.5. The van der Waals surface area contributed by atoms with E-state index in [9.17, 15) is 39.0 Å². The summed E-state index contributed by atoms with van der Waals surface area (Å²) in [5.41, 5.74) is 6.03. The zero-order valence-electron chi connectivity index (χ0n) is 31.0. The fraction of sp³-hybridized carbons (Fsp3) is 0.421. The Labute approximate surface area is 334 Å². The number of benzene rings is 2. The van der Waals surface area contributed by atoms with Crippen LogP contribution >= 0.6 is 34.8 Å². The number of para-hydroxylation sites is 2. The normalized spacial score (nSPS) is 17.9. The summed E-state index contributed by atoms with van der Waals surface area (Å²) in [6.07, 6.45) is 9.59. The summed E-state index contributed by atoms with van der Waals surface area (Å²) in [6, 6.07) is 9.12. The molecule has 55 heavy (non-hydrogen) atoms. The lowest BCUT2D eigenvalue weighted by molar-refractivity contribution is -0.142. The number of hydrogen-bond donors (Lipinski definition) is 4. The highest BCUT2D eigenvalue weighted by Crippen LogP contribution is 2.36. The lowest BCUT2D eigenvalue weighted by Gasteiger charge is -2.29. The van der Waals surface area contributed by atoms with E-state index in [4.69, 9.17) is 40.5 Å². The van der Waals surface area contributed by atoms with Gasteiger partial charge in [0.15, 0.2) is 11.5 Å². The molecule has 2 saturated carbocycles. The Morgan fingerprint density at radius 2 is 1.04 bits per heavy atom. The average Bonchev–Trinajstić information content (AvgIpc) is 3.50. The molecule has 0 spiro atoms. The zero-order chi connectivity index (χ0) is 40.7. The number of nitrogen functional groups attached to an aromatic ring is 1. The Morgan fingerprint density at radius 1 is 0.636 bits per heavy atom. The third-order valence-electron chi connectivity index (χ3n) is 9.58. The monoisotopic (exact) mass is 818 g/mol. The highest BCUT2D eigenvalue weighted by Gasteiger charge is 2.43. The van der Waals surface area contributed by atoms with Gasteiger partial charge in [-0.15, -0.1) is 0 Å². The number of aromatic hydroxyl groups is 2. The molecule has 0 atom stereocenters. The molecule has 2 heterocycles. The van der Waals surface area contributed by atoms with E-state index in [0.717, 1.165) is 57.8 Å². The van der Waals surface area contributed by atoms with Crippen molar-refractivity contribution < 1.29 is 39.0 Å². The average molecular weight is 820 g/mol. The minimum Gasteiger partial charge on any atom is -0.505 e. The summed E-state index contributed by atoms with van der Waals surface area (Å²) in [5, 5.41) is 22.2. The first kappa shape index (κ1) is 42.9. The molecule has 0 saturated heterocycles. The van der Waals surface area contributed by atoms with Gasteiger partial charge >= 0.3 is 0 Å². The molecule has 2 aliphatic carbocycles. The molecule has 2 aliphatic heterocycles. The lowest BCUT2D eigenvalue weighted by Crippen LogP contribution is -2.42. The van der Waals surface area contributed by atoms with Crippen molar-refractivity contribution in [2.24, 2.45) is 0 Å². The van der Waals surface area contributed by atoms with Crippen LogP contribution in [0.3, 0.4) is 0 Å². The van der Waals surface area contributed by atoms with Crippen LogP contribution in [0.15, 0.2) is 57.2 Å². The van der Waals surface area contributed by atoms with Crippen LogP contribution < -0.4 is 11.1 Å². The quantitative estimate of drug-likeness (QED) is 0.159. The van der Waals surface area contributed by atoms with Crippen molar-refractivity contribution >= 4 is 81.6 Å². The molecule has 296 valence electrons. The summed E-state index contributed by atoms with van der Waals surface area (Å²) in [5.74, 6) is -2.97. The number of halogens is 3. The van der Waals surface area contributed by atoms with Gasteiger partial charge in [-0.05, 0) is 49.9 Å². The molecule has 2 fully saturated rings. The second-order valence-corrected chi connectivity index (χ2v) is 15.0. The van der Waals surface area contributed by atoms with Gasteiger partial charge in [-0.25, -0.2) is 0 Å². The second kappa shape index (κ2) is 18.7. The van der Waals surface area contributed by atoms with Crippen LogP contribution in [0.1, 0.15) is 84.9 Å². The number of carbonyl (C=O) groups excluding carboxylic acids is 6. The predicted molar refractivity (Wildman–Crippen MR) is 209 cm³/mol. The molecule has 6 rings (SSSR count). The van der Waals surface area contributed by atoms with Gasteiger partial charge in [0.1, 0.15) is 20.8 Å². The van der Waals surface area contributed by atoms with Crippen molar-refractivity contribution in [1.82, 2.24) is 19.6 Å². The van der Waals surface area contributed by atoms with Crippen molar-refractivity contribution in [3.8, 4) is 11.5 Å². The number of hydrogen-bond acceptors (Lipinski definition) is 10. The number of phenols is 2. The number of nitrogens with one attached hydrogen (secondary N) is 1. The van der Waals surface area contributed by atoms with Crippen LogP contribution in [-0.4, -0.2) is 106 Å². The molecule has 6 amide bonds. The van der Waals surface area contributed by atoms with Crippen LogP contribution in [0.25, 0.3) is 0 Å². The molecule has 4 aliphatic rings. The van der Waals surface area contributed by atoms with E-state index in [1.54, 1.807) is 46.4 Å². The van der Waals surface area contributed by atoms with Crippen molar-refractivity contribution in [2.75, 3.05) is 39.2 Å². The van der Waals surface area contributed by atoms with E-state index in [0.29, 0.717) is 0 Å². The first-order valence-corrected chi connectivity index (χ1v) is 18.9. The molecule has 0 radical (unpaired) electrons. The van der Waals surface area contributed by atoms with Gasteiger partial charge in [-0.2, -0.15) is 0 Å². The molecule has 0 aromatic heterocycles. The number of carbonyl (C=O) groups is 6. The van der Waals surface area contributed by atoms with Crippen LogP contribution in [0.5, 0.6) is 11.5 Å². The highest BCUT2D eigenvalue weighted by molar-refractivity contribution is 6.58. The van der Waals surface area contributed by atoms with Gasteiger partial charge in [0.05, 0.1) is 22.5 Å². The predicted octanol–water partition coefficient (Wildman–Crippen LogP) is 5.71. The van der Waals surface area contributed by atoms with E-state index in [2.05, 4.69) is 5.32 Å². The standard InChI is InChI=1S/C19H22ClN3O4.C10H11Cl2NO2.C9H12N2O2/c1-22(2)17(25)12-9-6-10-13(16(12)24)21-15-14(20)18(26)23(19(15)27)11-7-4-3-5-8-11;11-7-8(12)10(15)13(9(7)14)6-4-2-1-3-5-6;1-11(2)9(13)6-4-3-5-7(10)8(6)12/h6,9-11,21,24H,3-5,7-8H2,1-2H3;6H,1-5H2;3-5,12H,10H2,1-2H3. The van der Waals surface area contributed by atoms with Gasteiger partial charge in [0, 0.05) is 40.3 Å². The Balaban J connectivity index is 0.000000202. The molecular weight excluding hydrogens is 775 g/mol. The number of amides is 6. The fourth-order valence-electron chi connectivity index (χ4n) is 6.63. The number of nitrogens with two attached hydrogens (primary N) is 1. The van der Waals surface area contributed by atoms with Crippen LogP contribution in [0.4, 0.5) is 11.4 Å². The molecule has 17 heteroatoms. The summed E-state index contributed by atoms with van der Waals surface area (Å²) >= 11 is 17.5. The Morgan fingerprint density at radius 3 is 1.49 bits per heavy atom. The largest absolute Gasteiger partial charge is 0.505 e. The molecule has 2 aromatic rings. The minimum absolute atomic E-state index is 0.0104. The van der Waals surface area contributed by atoms with Crippen LogP contribution in [-0.2, 0) is 19.2 Å². The van der Waals surface area contributed by atoms with Crippen LogP contribution in [0.2, 0.25) is 0 Å². The molecule has 0 unspecified atom stereocenters. The fourth-order valence-corrected chi connectivity index (χ4v) is 7.19. The first-order valence-electron chi connectivity index (χ1n) is 17.8. The molecule has 0 bridgehead atoms. The molecule has 5 N–H and O–H groups in total. The van der Waals surface area contributed by atoms with E-state index in [1.807, 2.05) is 0 Å². The summed E-state index contributed by atoms with van der Waals surface area (Å²) in [7, 11) is 6.38. The number of rotatable bonds is 6. The number of nitrogens with zero attached hydrogens (tertiary/aromatic N) is 4. The van der Waals surface area contributed by atoms with E-state index < -0.39 is 23.6 Å². The Bertz CT molecular complexity index is 1890. The number of phenolic OH excluding ortho intramolecular Hbond substituents is 2. The second-order valence-electron chi connectivity index (χ2n) is 13.8. The van der Waals surface area contributed by atoms with Gasteiger partial charge in [-0.1, -0.05) is 85.5 Å². The van der Waals surface area contributed by atoms with E-state index >= 15 is 0 Å². The maximum absolute atomic E-state index is 12.8. The maximum atomic E-state index is 12.8. The lowest BCUT2D eigenvalue weighted by atomic mass is 9.94. The number of imide groups is 2. The van der Waals surface area contributed by atoms with Gasteiger partial charge in [0.25, 0.3) is 35.4 Å².